The zero-order valence-corrected chi connectivity index (χ0v) is 9.93. The summed E-state index contributed by atoms with van der Waals surface area (Å²) < 4.78 is 13.9. The van der Waals surface area contributed by atoms with Gasteiger partial charge in [-0.25, -0.2) is 4.39 Å². The second-order valence-corrected chi connectivity index (χ2v) is 4.13. The Morgan fingerprint density at radius 1 is 1.11 bits per heavy atom. The molecule has 2 aromatic carbocycles. The molecule has 0 aliphatic rings. The van der Waals surface area contributed by atoms with Gasteiger partial charge in [-0.15, -0.1) is 0 Å². The molecular weight excluding hydrogens is 231 g/mol. The number of benzene rings is 2. The SMILES string of the molecule is C[C@@H](C(=O)O)c1c(F)cccc1-c1ccccc1. The van der Waals surface area contributed by atoms with Crippen molar-refractivity contribution >= 4 is 5.97 Å². The molecule has 0 saturated carbocycles. The Labute approximate surface area is 105 Å². The lowest BCUT2D eigenvalue weighted by Crippen LogP contribution is -2.10. The summed E-state index contributed by atoms with van der Waals surface area (Å²) in [5.74, 6) is -2.38. The van der Waals surface area contributed by atoms with Crippen molar-refractivity contribution in [2.75, 3.05) is 0 Å². The normalized spacial score (nSPS) is 12.1. The van der Waals surface area contributed by atoms with Crippen molar-refractivity contribution in [2.24, 2.45) is 0 Å². The monoisotopic (exact) mass is 244 g/mol. The third-order valence-electron chi connectivity index (χ3n) is 2.94. The van der Waals surface area contributed by atoms with Crippen molar-refractivity contribution < 1.29 is 14.3 Å². The summed E-state index contributed by atoms with van der Waals surface area (Å²) in [5, 5.41) is 9.06. The van der Waals surface area contributed by atoms with Crippen LogP contribution in [-0.4, -0.2) is 11.1 Å². The Morgan fingerprint density at radius 2 is 1.78 bits per heavy atom. The summed E-state index contributed by atoms with van der Waals surface area (Å²) in [7, 11) is 0. The highest BCUT2D eigenvalue weighted by Crippen LogP contribution is 2.31. The Bertz CT molecular complexity index is 564. The van der Waals surface area contributed by atoms with E-state index in [-0.39, 0.29) is 5.56 Å². The largest absolute Gasteiger partial charge is 0.481 e. The van der Waals surface area contributed by atoms with Crippen LogP contribution in [0.15, 0.2) is 48.5 Å². The van der Waals surface area contributed by atoms with Crippen molar-refractivity contribution in [3.63, 3.8) is 0 Å². The van der Waals surface area contributed by atoms with E-state index < -0.39 is 17.7 Å². The van der Waals surface area contributed by atoms with Gasteiger partial charge in [-0.1, -0.05) is 42.5 Å². The van der Waals surface area contributed by atoms with Crippen molar-refractivity contribution in [1.29, 1.82) is 0 Å². The molecule has 0 bridgehead atoms. The Hall–Kier alpha value is -2.16. The topological polar surface area (TPSA) is 37.3 Å². The number of carbonyl (C=O) groups is 1. The van der Waals surface area contributed by atoms with Gasteiger partial charge in [-0.3, -0.25) is 4.79 Å². The minimum absolute atomic E-state index is 0.233. The fourth-order valence-corrected chi connectivity index (χ4v) is 1.97. The molecule has 0 unspecified atom stereocenters. The van der Waals surface area contributed by atoms with Crippen LogP contribution in [0.4, 0.5) is 4.39 Å². The predicted octanol–water partition coefficient (Wildman–Crippen LogP) is 3.68. The van der Waals surface area contributed by atoms with Crippen molar-refractivity contribution in [3.8, 4) is 11.1 Å². The zero-order chi connectivity index (χ0) is 13.1. The predicted molar refractivity (Wildman–Crippen MR) is 67.9 cm³/mol. The molecule has 0 radical (unpaired) electrons. The van der Waals surface area contributed by atoms with Gasteiger partial charge < -0.3 is 5.11 Å². The molecule has 2 aromatic rings. The highest BCUT2D eigenvalue weighted by Gasteiger charge is 2.21. The summed E-state index contributed by atoms with van der Waals surface area (Å²) in [6.45, 7) is 1.49. The molecule has 0 saturated heterocycles. The van der Waals surface area contributed by atoms with Gasteiger partial charge in [-0.05, 0) is 24.1 Å². The molecule has 18 heavy (non-hydrogen) atoms. The summed E-state index contributed by atoms with van der Waals surface area (Å²) in [6.07, 6.45) is 0. The average Bonchev–Trinajstić information content (AvgIpc) is 2.38. The first-order valence-corrected chi connectivity index (χ1v) is 5.68. The van der Waals surface area contributed by atoms with Gasteiger partial charge in [0.1, 0.15) is 5.82 Å². The molecule has 92 valence electrons. The van der Waals surface area contributed by atoms with E-state index in [1.165, 1.54) is 13.0 Å². The molecule has 0 aliphatic heterocycles. The number of hydrogen-bond donors (Lipinski definition) is 1. The molecule has 2 rings (SSSR count). The third kappa shape index (κ3) is 2.25. The van der Waals surface area contributed by atoms with E-state index in [2.05, 4.69) is 0 Å². The second-order valence-electron chi connectivity index (χ2n) is 4.13. The van der Waals surface area contributed by atoms with Crippen molar-refractivity contribution in [3.05, 3.63) is 59.9 Å². The van der Waals surface area contributed by atoms with Crippen LogP contribution < -0.4 is 0 Å². The molecule has 0 aliphatic carbocycles. The first-order valence-electron chi connectivity index (χ1n) is 5.68. The van der Waals surface area contributed by atoms with Gasteiger partial charge in [0, 0.05) is 5.56 Å². The summed E-state index contributed by atoms with van der Waals surface area (Å²) in [6, 6.07) is 13.9. The first kappa shape index (κ1) is 12.3. The molecular formula is C15H13FO2. The molecule has 0 amide bonds. The fraction of sp³-hybridized carbons (Fsp3) is 0.133. The maximum Gasteiger partial charge on any atom is 0.310 e. The first-order chi connectivity index (χ1) is 8.61. The van der Waals surface area contributed by atoms with E-state index in [4.69, 9.17) is 5.11 Å². The van der Waals surface area contributed by atoms with Gasteiger partial charge in [0.05, 0.1) is 5.92 Å². The van der Waals surface area contributed by atoms with Gasteiger partial charge in [0.15, 0.2) is 0 Å². The van der Waals surface area contributed by atoms with Crippen LogP contribution in [0.3, 0.4) is 0 Å². The Balaban J connectivity index is 2.62. The lowest BCUT2D eigenvalue weighted by molar-refractivity contribution is -0.138. The summed E-state index contributed by atoms with van der Waals surface area (Å²) in [4.78, 5) is 11.1. The molecule has 0 aromatic heterocycles. The van der Waals surface area contributed by atoms with Crippen LogP contribution in [0.1, 0.15) is 18.4 Å². The average molecular weight is 244 g/mol. The van der Waals surface area contributed by atoms with Crippen LogP contribution >= 0.6 is 0 Å². The lowest BCUT2D eigenvalue weighted by Gasteiger charge is -2.14. The van der Waals surface area contributed by atoms with Crippen molar-refractivity contribution in [2.45, 2.75) is 12.8 Å². The van der Waals surface area contributed by atoms with Gasteiger partial charge >= 0.3 is 5.97 Å². The number of carboxylic acids is 1. The van der Waals surface area contributed by atoms with E-state index in [1.807, 2.05) is 30.3 Å². The smallest absolute Gasteiger partial charge is 0.310 e. The lowest BCUT2D eigenvalue weighted by atomic mass is 9.91. The number of rotatable bonds is 3. The molecule has 1 N–H and O–H groups in total. The number of hydrogen-bond acceptors (Lipinski definition) is 1. The second kappa shape index (κ2) is 5.00. The maximum absolute atomic E-state index is 13.9. The third-order valence-corrected chi connectivity index (χ3v) is 2.94. The van der Waals surface area contributed by atoms with Crippen LogP contribution in [-0.2, 0) is 4.79 Å². The van der Waals surface area contributed by atoms with Gasteiger partial charge in [0.25, 0.3) is 0 Å². The highest BCUT2D eigenvalue weighted by molar-refractivity contribution is 5.80. The highest BCUT2D eigenvalue weighted by atomic mass is 19.1. The number of aliphatic carboxylic acids is 1. The minimum Gasteiger partial charge on any atom is -0.481 e. The van der Waals surface area contributed by atoms with Crippen LogP contribution in [0.2, 0.25) is 0 Å². The Kier molecular flexibility index (Phi) is 3.42. The van der Waals surface area contributed by atoms with Gasteiger partial charge in [0.2, 0.25) is 0 Å². The van der Waals surface area contributed by atoms with Gasteiger partial charge in [-0.2, -0.15) is 0 Å². The number of carboxylic acid groups (broad SMARTS) is 1. The van der Waals surface area contributed by atoms with Crippen molar-refractivity contribution in [1.82, 2.24) is 0 Å². The molecule has 1 atom stereocenters. The molecule has 3 heteroatoms. The Morgan fingerprint density at radius 3 is 2.39 bits per heavy atom. The molecule has 2 nitrogen and oxygen atoms in total. The molecule has 0 fully saturated rings. The van der Waals surface area contributed by atoms with Crippen LogP contribution in [0, 0.1) is 5.82 Å². The minimum atomic E-state index is -1.03. The summed E-state index contributed by atoms with van der Waals surface area (Å²) in [5.41, 5.74) is 1.68. The van der Waals surface area contributed by atoms with Crippen LogP contribution in [0.5, 0.6) is 0 Å². The fourth-order valence-electron chi connectivity index (χ4n) is 1.97. The van der Waals surface area contributed by atoms with E-state index in [0.717, 1.165) is 5.56 Å². The van der Waals surface area contributed by atoms with Crippen LogP contribution in [0.25, 0.3) is 11.1 Å². The summed E-state index contributed by atoms with van der Waals surface area (Å²) >= 11 is 0. The maximum atomic E-state index is 13.9. The number of halogens is 1. The standard InChI is InChI=1S/C15H13FO2/c1-10(15(17)18)14-12(8-5-9-13(14)16)11-6-3-2-4-7-11/h2-10H,1H3,(H,17,18)/t10-/m1/s1. The quantitative estimate of drug-likeness (QED) is 0.894. The zero-order valence-electron chi connectivity index (χ0n) is 9.93. The van der Waals surface area contributed by atoms with E-state index in [9.17, 15) is 9.18 Å². The van der Waals surface area contributed by atoms with E-state index >= 15 is 0 Å². The van der Waals surface area contributed by atoms with E-state index in [1.54, 1.807) is 12.1 Å². The molecule has 0 spiro atoms. The molecule has 0 heterocycles. The van der Waals surface area contributed by atoms with E-state index in [0.29, 0.717) is 5.56 Å².